The first-order valence-electron chi connectivity index (χ1n) is 9.78. The number of imidazole rings is 1. The van der Waals surface area contributed by atoms with E-state index in [9.17, 15) is 0 Å². The molecule has 138 valence electrons. The molecule has 0 aliphatic heterocycles. The largest absolute Gasteiger partial charge is 0.321 e. The average molecular weight is 365 g/mol. The molecule has 28 heavy (non-hydrogen) atoms. The summed E-state index contributed by atoms with van der Waals surface area (Å²) >= 11 is 0. The van der Waals surface area contributed by atoms with Crippen molar-refractivity contribution in [1.82, 2.24) is 9.38 Å². The summed E-state index contributed by atoms with van der Waals surface area (Å²) in [5.41, 5.74) is 13.9. The third kappa shape index (κ3) is 2.67. The Morgan fingerprint density at radius 2 is 1.71 bits per heavy atom. The molecule has 2 heterocycles. The molecule has 3 heteroatoms. The van der Waals surface area contributed by atoms with E-state index in [1.54, 1.807) is 0 Å². The predicted octanol–water partition coefficient (Wildman–Crippen LogP) is 5.65. The molecule has 4 aromatic rings. The lowest BCUT2D eigenvalue weighted by molar-refractivity contribution is 0.253. The van der Waals surface area contributed by atoms with Crippen molar-refractivity contribution in [2.45, 2.75) is 24.8 Å². The molecule has 3 nitrogen and oxygen atoms in total. The zero-order chi connectivity index (χ0) is 19.1. The van der Waals surface area contributed by atoms with Gasteiger partial charge in [0.15, 0.2) is 0 Å². The van der Waals surface area contributed by atoms with E-state index in [0.29, 0.717) is 0 Å². The predicted molar refractivity (Wildman–Crippen MR) is 116 cm³/mol. The zero-order valence-electron chi connectivity index (χ0n) is 15.8. The first kappa shape index (κ1) is 17.0. The molecule has 0 radical (unpaired) electrons. The van der Waals surface area contributed by atoms with Crippen LogP contribution in [0.3, 0.4) is 0 Å². The second kappa shape index (κ2) is 6.47. The smallest absolute Gasteiger partial charge is 0.138 e. The molecule has 0 atom stereocenters. The van der Waals surface area contributed by atoms with Crippen LogP contribution in [0.4, 0.5) is 0 Å². The van der Waals surface area contributed by atoms with Gasteiger partial charge in [0.05, 0.1) is 11.4 Å². The van der Waals surface area contributed by atoms with E-state index in [-0.39, 0.29) is 5.54 Å². The lowest BCUT2D eigenvalue weighted by Crippen LogP contribution is -2.43. The summed E-state index contributed by atoms with van der Waals surface area (Å²) in [5.74, 6) is 0. The molecule has 2 N–H and O–H groups in total. The normalized spacial score (nSPS) is 15.3. The minimum absolute atomic E-state index is 0.140. The number of benzene rings is 2. The summed E-state index contributed by atoms with van der Waals surface area (Å²) in [6.07, 6.45) is 7.28. The number of nitrogens with two attached hydrogens (primary N) is 1. The van der Waals surface area contributed by atoms with Crippen LogP contribution in [0.15, 0.2) is 79.5 Å². The molecule has 0 spiro atoms. The molecule has 0 unspecified atom stereocenters. The van der Waals surface area contributed by atoms with Crippen LogP contribution in [-0.4, -0.2) is 9.38 Å². The van der Waals surface area contributed by atoms with Gasteiger partial charge in [-0.05, 0) is 42.5 Å². The van der Waals surface area contributed by atoms with Crippen molar-refractivity contribution in [3.05, 3.63) is 90.6 Å². The summed E-state index contributed by atoms with van der Waals surface area (Å²) in [4.78, 5) is 4.98. The highest BCUT2D eigenvalue weighted by Crippen LogP contribution is 2.40. The number of pyridine rings is 1. The number of fused-ring (bicyclic) bond motifs is 1. The van der Waals surface area contributed by atoms with Crippen molar-refractivity contribution in [3.8, 4) is 22.5 Å². The van der Waals surface area contributed by atoms with E-state index in [0.717, 1.165) is 46.6 Å². The van der Waals surface area contributed by atoms with Crippen molar-refractivity contribution in [3.63, 3.8) is 0 Å². The van der Waals surface area contributed by atoms with Gasteiger partial charge >= 0.3 is 0 Å². The number of nitrogens with zero attached hydrogens (tertiary/aromatic N) is 2. The Labute approximate surface area is 165 Å². The Morgan fingerprint density at radius 3 is 2.36 bits per heavy atom. The lowest BCUT2D eigenvalue weighted by atomic mass is 9.72. The van der Waals surface area contributed by atoms with Crippen molar-refractivity contribution in [2.75, 3.05) is 0 Å². The number of hydrogen-bond donors (Lipinski definition) is 1. The summed E-state index contributed by atoms with van der Waals surface area (Å²) in [6, 6.07) is 23.2. The standard InChI is InChI=1S/C25H23N3/c1-2-18-13-16-28-22(17-18)27-23(24(28)20-7-4-3-5-8-20)19-9-11-21(12-10-19)25(26)14-6-15-25/h2-5,7-13,16-17H,1,6,14-15,26H2. The quantitative estimate of drug-likeness (QED) is 0.508. The van der Waals surface area contributed by atoms with Crippen molar-refractivity contribution in [2.24, 2.45) is 5.73 Å². The van der Waals surface area contributed by atoms with E-state index < -0.39 is 0 Å². The van der Waals surface area contributed by atoms with Gasteiger partial charge in [0.2, 0.25) is 0 Å². The summed E-state index contributed by atoms with van der Waals surface area (Å²) in [7, 11) is 0. The van der Waals surface area contributed by atoms with Gasteiger partial charge in [-0.15, -0.1) is 0 Å². The Hall–Kier alpha value is -3.17. The third-order valence-corrected chi connectivity index (χ3v) is 5.91. The van der Waals surface area contributed by atoms with E-state index in [2.05, 4.69) is 77.8 Å². The minimum atomic E-state index is -0.140. The molecule has 2 aromatic heterocycles. The lowest BCUT2D eigenvalue weighted by Gasteiger charge is -2.38. The molecular formula is C25H23N3. The number of rotatable bonds is 4. The SMILES string of the molecule is C=Cc1ccn2c(-c3ccccc3)c(-c3ccc(C4(N)CCC4)cc3)nc2c1. The van der Waals surface area contributed by atoms with Crippen LogP contribution >= 0.6 is 0 Å². The molecule has 2 aromatic carbocycles. The van der Waals surface area contributed by atoms with Gasteiger partial charge in [-0.2, -0.15) is 0 Å². The van der Waals surface area contributed by atoms with E-state index >= 15 is 0 Å². The molecule has 1 aliphatic carbocycles. The van der Waals surface area contributed by atoms with Gasteiger partial charge in [0.25, 0.3) is 0 Å². The monoisotopic (exact) mass is 365 g/mol. The first-order valence-corrected chi connectivity index (χ1v) is 9.78. The van der Waals surface area contributed by atoms with E-state index in [1.165, 1.54) is 12.0 Å². The number of hydrogen-bond acceptors (Lipinski definition) is 2. The van der Waals surface area contributed by atoms with E-state index in [1.807, 2.05) is 12.1 Å². The van der Waals surface area contributed by atoms with E-state index in [4.69, 9.17) is 10.7 Å². The second-order valence-electron chi connectivity index (χ2n) is 7.65. The topological polar surface area (TPSA) is 43.3 Å². The molecule has 0 bridgehead atoms. The summed E-state index contributed by atoms with van der Waals surface area (Å²) in [5, 5.41) is 0. The van der Waals surface area contributed by atoms with Gasteiger partial charge in [0, 0.05) is 22.9 Å². The van der Waals surface area contributed by atoms with Crippen molar-refractivity contribution in [1.29, 1.82) is 0 Å². The van der Waals surface area contributed by atoms with Gasteiger partial charge in [-0.25, -0.2) is 4.98 Å². The Morgan fingerprint density at radius 1 is 0.964 bits per heavy atom. The Kier molecular flexibility index (Phi) is 3.92. The average Bonchev–Trinajstić information content (AvgIpc) is 3.11. The van der Waals surface area contributed by atoms with Crippen LogP contribution < -0.4 is 5.73 Å². The highest BCUT2D eigenvalue weighted by molar-refractivity contribution is 5.82. The molecule has 0 saturated heterocycles. The first-order chi connectivity index (χ1) is 13.7. The molecule has 0 amide bonds. The highest BCUT2D eigenvalue weighted by atomic mass is 15.0. The van der Waals surface area contributed by atoms with Crippen LogP contribution in [0.2, 0.25) is 0 Å². The Balaban J connectivity index is 1.68. The fraction of sp³-hybridized carbons (Fsp3) is 0.160. The van der Waals surface area contributed by atoms with Crippen molar-refractivity contribution < 1.29 is 0 Å². The van der Waals surface area contributed by atoms with Crippen molar-refractivity contribution >= 4 is 11.7 Å². The molecule has 1 fully saturated rings. The van der Waals surface area contributed by atoms with Crippen LogP contribution in [-0.2, 0) is 5.54 Å². The van der Waals surface area contributed by atoms with Crippen LogP contribution in [0, 0.1) is 0 Å². The fourth-order valence-corrected chi connectivity index (χ4v) is 4.07. The maximum absolute atomic E-state index is 6.50. The maximum Gasteiger partial charge on any atom is 0.138 e. The Bertz CT molecular complexity index is 1150. The molecule has 5 rings (SSSR count). The molecule has 1 aliphatic rings. The minimum Gasteiger partial charge on any atom is -0.321 e. The summed E-state index contributed by atoms with van der Waals surface area (Å²) in [6.45, 7) is 3.88. The van der Waals surface area contributed by atoms with Crippen LogP contribution in [0.5, 0.6) is 0 Å². The van der Waals surface area contributed by atoms with Crippen LogP contribution in [0.1, 0.15) is 30.4 Å². The van der Waals surface area contributed by atoms with Gasteiger partial charge in [0.1, 0.15) is 5.65 Å². The highest BCUT2D eigenvalue weighted by Gasteiger charge is 2.34. The van der Waals surface area contributed by atoms with Crippen LogP contribution in [0.25, 0.3) is 34.2 Å². The number of aromatic nitrogens is 2. The van der Waals surface area contributed by atoms with Gasteiger partial charge in [-0.1, -0.05) is 67.3 Å². The van der Waals surface area contributed by atoms with Gasteiger partial charge in [-0.3, -0.25) is 4.40 Å². The molecule has 1 saturated carbocycles. The summed E-state index contributed by atoms with van der Waals surface area (Å²) < 4.78 is 2.15. The fourth-order valence-electron chi connectivity index (χ4n) is 4.07. The van der Waals surface area contributed by atoms with Gasteiger partial charge < -0.3 is 5.73 Å². The second-order valence-corrected chi connectivity index (χ2v) is 7.65. The maximum atomic E-state index is 6.50. The third-order valence-electron chi connectivity index (χ3n) is 5.91. The zero-order valence-corrected chi connectivity index (χ0v) is 15.8. The molecular weight excluding hydrogens is 342 g/mol.